The van der Waals surface area contributed by atoms with Gasteiger partial charge in [0.15, 0.2) is 0 Å². The van der Waals surface area contributed by atoms with Crippen molar-refractivity contribution in [3.05, 3.63) is 94.0 Å². The van der Waals surface area contributed by atoms with Crippen LogP contribution in [0.2, 0.25) is 0 Å². The van der Waals surface area contributed by atoms with E-state index in [-0.39, 0.29) is 18.1 Å². The summed E-state index contributed by atoms with van der Waals surface area (Å²) in [7, 11) is 0. The molecule has 3 aromatic rings. The monoisotopic (exact) mass is 486 g/mol. The first kappa shape index (κ1) is 24.9. The van der Waals surface area contributed by atoms with E-state index in [0.717, 1.165) is 48.3 Å². The van der Waals surface area contributed by atoms with Crippen LogP contribution in [-0.2, 0) is 19.3 Å². The zero-order valence-corrected chi connectivity index (χ0v) is 21.6. The van der Waals surface area contributed by atoms with Crippen molar-refractivity contribution in [3.63, 3.8) is 0 Å². The molecule has 4 heteroatoms. The zero-order valence-electron chi connectivity index (χ0n) is 21.6. The molecule has 0 aromatic heterocycles. The Morgan fingerprint density at radius 2 is 1.42 bits per heavy atom. The molecule has 2 aliphatic rings. The SMILES string of the molecule is CCc1ccc(C(C)C2CC(O)c3ccccc3O2)c(CCC2CC(O)c3ccccc3O2)c1CC. The number of fused-ring (bicyclic) bond motifs is 2. The predicted molar refractivity (Wildman–Crippen MR) is 143 cm³/mol. The molecule has 0 spiro atoms. The maximum Gasteiger partial charge on any atom is 0.125 e. The summed E-state index contributed by atoms with van der Waals surface area (Å²) < 4.78 is 12.7. The van der Waals surface area contributed by atoms with E-state index in [9.17, 15) is 10.2 Å². The van der Waals surface area contributed by atoms with Crippen LogP contribution >= 0.6 is 0 Å². The minimum absolute atomic E-state index is 0.0207. The van der Waals surface area contributed by atoms with E-state index in [2.05, 4.69) is 32.9 Å². The van der Waals surface area contributed by atoms with Crippen molar-refractivity contribution in [1.29, 1.82) is 0 Å². The minimum atomic E-state index is -0.511. The highest BCUT2D eigenvalue weighted by molar-refractivity contribution is 5.45. The van der Waals surface area contributed by atoms with Gasteiger partial charge in [-0.25, -0.2) is 0 Å². The van der Waals surface area contributed by atoms with Crippen LogP contribution in [0, 0.1) is 0 Å². The molecule has 5 atom stereocenters. The summed E-state index contributed by atoms with van der Waals surface area (Å²) in [5.41, 5.74) is 7.28. The van der Waals surface area contributed by atoms with Gasteiger partial charge in [0.1, 0.15) is 23.7 Å². The number of hydrogen-bond acceptors (Lipinski definition) is 4. The van der Waals surface area contributed by atoms with Gasteiger partial charge in [-0.05, 0) is 60.1 Å². The summed E-state index contributed by atoms with van der Waals surface area (Å²) >= 11 is 0. The van der Waals surface area contributed by atoms with Gasteiger partial charge in [-0.2, -0.15) is 0 Å². The smallest absolute Gasteiger partial charge is 0.125 e. The van der Waals surface area contributed by atoms with Crippen LogP contribution in [0.3, 0.4) is 0 Å². The minimum Gasteiger partial charge on any atom is -0.490 e. The van der Waals surface area contributed by atoms with Crippen molar-refractivity contribution in [2.45, 2.75) is 89.6 Å². The van der Waals surface area contributed by atoms with Gasteiger partial charge in [0.05, 0.1) is 12.2 Å². The first-order valence-electron chi connectivity index (χ1n) is 13.5. The lowest BCUT2D eigenvalue weighted by atomic mass is 9.81. The number of rotatable bonds is 7. The van der Waals surface area contributed by atoms with Gasteiger partial charge in [0.2, 0.25) is 0 Å². The van der Waals surface area contributed by atoms with Crippen LogP contribution in [-0.4, -0.2) is 22.4 Å². The van der Waals surface area contributed by atoms with Crippen molar-refractivity contribution < 1.29 is 19.7 Å². The Morgan fingerprint density at radius 3 is 2.08 bits per heavy atom. The molecule has 5 rings (SSSR count). The zero-order chi connectivity index (χ0) is 25.2. The van der Waals surface area contributed by atoms with Crippen molar-refractivity contribution in [2.75, 3.05) is 0 Å². The van der Waals surface area contributed by atoms with E-state index in [4.69, 9.17) is 9.47 Å². The van der Waals surface area contributed by atoms with E-state index in [1.165, 1.54) is 22.3 Å². The van der Waals surface area contributed by atoms with Crippen LogP contribution in [0.15, 0.2) is 60.7 Å². The molecule has 0 saturated carbocycles. The lowest BCUT2D eigenvalue weighted by Crippen LogP contribution is -2.31. The Kier molecular flexibility index (Phi) is 7.36. The molecule has 0 aliphatic carbocycles. The standard InChI is InChI=1S/C32H38O4/c1-4-21-14-16-24(20(3)32-19-29(34)27-11-7-9-13-31(27)36-32)25(23(21)5-2)17-15-22-18-28(33)26-10-6-8-12-30(26)35-22/h6-14,16,20,22,28-29,32-34H,4-5,15,17-19H2,1-3H3. The van der Waals surface area contributed by atoms with E-state index in [1.807, 2.05) is 48.5 Å². The highest BCUT2D eigenvalue weighted by Crippen LogP contribution is 2.41. The van der Waals surface area contributed by atoms with E-state index in [1.54, 1.807) is 0 Å². The Bertz CT molecular complexity index is 1200. The van der Waals surface area contributed by atoms with Gasteiger partial charge in [-0.15, -0.1) is 0 Å². The number of hydrogen-bond donors (Lipinski definition) is 2. The summed E-state index contributed by atoms with van der Waals surface area (Å²) in [4.78, 5) is 0. The highest BCUT2D eigenvalue weighted by Gasteiger charge is 2.33. The van der Waals surface area contributed by atoms with Crippen LogP contribution in [0.1, 0.15) is 91.5 Å². The molecule has 0 fully saturated rings. The Morgan fingerprint density at radius 1 is 0.778 bits per heavy atom. The lowest BCUT2D eigenvalue weighted by Gasteiger charge is -2.35. The third kappa shape index (κ3) is 4.77. The van der Waals surface area contributed by atoms with Gasteiger partial charge >= 0.3 is 0 Å². The highest BCUT2D eigenvalue weighted by atomic mass is 16.5. The second-order valence-corrected chi connectivity index (χ2v) is 10.3. The molecule has 2 heterocycles. The molecule has 3 aromatic carbocycles. The quantitative estimate of drug-likeness (QED) is 0.394. The van der Waals surface area contributed by atoms with Crippen LogP contribution in [0.5, 0.6) is 11.5 Å². The molecule has 4 nitrogen and oxygen atoms in total. The molecular formula is C32H38O4. The van der Waals surface area contributed by atoms with Crippen molar-refractivity contribution in [3.8, 4) is 11.5 Å². The topological polar surface area (TPSA) is 58.9 Å². The predicted octanol–water partition coefficient (Wildman–Crippen LogP) is 6.62. The third-order valence-corrected chi connectivity index (χ3v) is 8.13. The lowest BCUT2D eigenvalue weighted by molar-refractivity contribution is 0.0543. The normalized spacial score (nSPS) is 23.7. The molecule has 0 bridgehead atoms. The van der Waals surface area contributed by atoms with E-state index < -0.39 is 12.2 Å². The fourth-order valence-corrected chi connectivity index (χ4v) is 6.13. The van der Waals surface area contributed by atoms with Crippen LogP contribution in [0.25, 0.3) is 0 Å². The van der Waals surface area contributed by atoms with Crippen molar-refractivity contribution >= 4 is 0 Å². The average molecular weight is 487 g/mol. The second-order valence-electron chi connectivity index (χ2n) is 10.3. The molecule has 2 aliphatic heterocycles. The molecule has 5 unspecified atom stereocenters. The number of aliphatic hydroxyl groups is 2. The maximum absolute atomic E-state index is 10.8. The first-order valence-corrected chi connectivity index (χ1v) is 13.5. The Labute approximate surface area is 214 Å². The fourth-order valence-electron chi connectivity index (χ4n) is 6.13. The summed E-state index contributed by atoms with van der Waals surface area (Å²) in [6, 6.07) is 20.2. The maximum atomic E-state index is 10.8. The van der Waals surface area contributed by atoms with Gasteiger partial charge in [0.25, 0.3) is 0 Å². The number of benzene rings is 3. The molecule has 36 heavy (non-hydrogen) atoms. The van der Waals surface area contributed by atoms with Gasteiger partial charge in [-0.1, -0.05) is 69.3 Å². The number of ether oxygens (including phenoxy) is 2. The number of aliphatic hydroxyl groups excluding tert-OH is 2. The first-order chi connectivity index (χ1) is 17.5. The molecule has 190 valence electrons. The summed E-state index contributed by atoms with van der Waals surface area (Å²) in [6.07, 6.45) is 3.82. The van der Waals surface area contributed by atoms with Gasteiger partial charge < -0.3 is 19.7 Å². The Balaban J connectivity index is 1.41. The van der Waals surface area contributed by atoms with E-state index >= 15 is 0 Å². The average Bonchev–Trinajstić information content (AvgIpc) is 2.90. The Hall–Kier alpha value is -2.82. The second kappa shape index (κ2) is 10.7. The van der Waals surface area contributed by atoms with Crippen LogP contribution in [0.4, 0.5) is 0 Å². The fraction of sp³-hybridized carbons (Fsp3) is 0.438. The molecular weight excluding hydrogens is 448 g/mol. The number of aryl methyl sites for hydroxylation is 1. The van der Waals surface area contributed by atoms with E-state index in [0.29, 0.717) is 12.8 Å². The summed E-state index contributed by atoms with van der Waals surface area (Å²) in [6.45, 7) is 6.68. The van der Waals surface area contributed by atoms with Gasteiger partial charge in [-0.3, -0.25) is 0 Å². The van der Waals surface area contributed by atoms with Crippen molar-refractivity contribution in [2.24, 2.45) is 0 Å². The summed E-state index contributed by atoms with van der Waals surface area (Å²) in [5.74, 6) is 1.73. The van der Waals surface area contributed by atoms with Crippen LogP contribution < -0.4 is 9.47 Å². The number of para-hydroxylation sites is 2. The summed E-state index contributed by atoms with van der Waals surface area (Å²) in [5, 5.41) is 21.5. The molecule has 2 N–H and O–H groups in total. The molecule has 0 radical (unpaired) electrons. The van der Waals surface area contributed by atoms with Crippen molar-refractivity contribution in [1.82, 2.24) is 0 Å². The largest absolute Gasteiger partial charge is 0.490 e. The molecule has 0 amide bonds. The molecule has 0 saturated heterocycles. The van der Waals surface area contributed by atoms with Gasteiger partial charge in [0, 0.05) is 29.9 Å². The third-order valence-electron chi connectivity index (χ3n) is 8.13.